The minimum atomic E-state index is -0.206. The maximum absolute atomic E-state index is 12.8. The number of ether oxygens (including phenoxy) is 1. The van der Waals surface area contributed by atoms with E-state index in [2.05, 4.69) is 15.1 Å². The third-order valence-electron chi connectivity index (χ3n) is 4.50. The molecule has 1 unspecified atom stereocenters. The van der Waals surface area contributed by atoms with Crippen molar-refractivity contribution in [2.45, 2.75) is 18.9 Å². The van der Waals surface area contributed by atoms with Crippen LogP contribution >= 0.6 is 0 Å². The van der Waals surface area contributed by atoms with Crippen molar-refractivity contribution in [2.75, 3.05) is 13.7 Å². The van der Waals surface area contributed by atoms with Crippen LogP contribution in [-0.4, -0.2) is 39.6 Å². The lowest BCUT2D eigenvalue weighted by molar-refractivity contribution is 0.0709. The first-order valence-electron chi connectivity index (χ1n) is 8.45. The standard InChI is InChI=1S/C19H18N4O3/c1-25-15-8-6-13(7-9-15)17-21-18(26-22-17)16-5-3-11-23(16)19(24)14-4-2-10-20-12-14/h2,4,6-10,12,16H,3,5,11H2,1H3. The van der Waals surface area contributed by atoms with E-state index in [4.69, 9.17) is 9.26 Å². The van der Waals surface area contributed by atoms with Gasteiger partial charge in [-0.25, -0.2) is 0 Å². The fourth-order valence-electron chi connectivity index (χ4n) is 3.15. The number of carbonyl (C=O) groups is 1. The summed E-state index contributed by atoms with van der Waals surface area (Å²) in [5, 5.41) is 4.08. The topological polar surface area (TPSA) is 81.4 Å². The molecule has 4 rings (SSSR count). The molecule has 1 aromatic carbocycles. The normalized spacial score (nSPS) is 16.7. The summed E-state index contributed by atoms with van der Waals surface area (Å²) in [4.78, 5) is 23.1. The molecule has 1 aliphatic rings. The van der Waals surface area contributed by atoms with E-state index in [1.54, 1.807) is 36.5 Å². The lowest BCUT2D eigenvalue weighted by Gasteiger charge is -2.21. The summed E-state index contributed by atoms with van der Waals surface area (Å²) in [7, 11) is 1.62. The Morgan fingerprint density at radius 1 is 1.27 bits per heavy atom. The Morgan fingerprint density at radius 2 is 2.12 bits per heavy atom. The van der Waals surface area contributed by atoms with Crippen LogP contribution in [0.15, 0.2) is 53.3 Å². The van der Waals surface area contributed by atoms with Crippen LogP contribution in [0.5, 0.6) is 5.75 Å². The van der Waals surface area contributed by atoms with Gasteiger partial charge in [0.1, 0.15) is 11.8 Å². The van der Waals surface area contributed by atoms with E-state index in [0.717, 1.165) is 24.2 Å². The first-order valence-corrected chi connectivity index (χ1v) is 8.45. The molecule has 0 N–H and O–H groups in total. The Labute approximate surface area is 150 Å². The zero-order valence-electron chi connectivity index (χ0n) is 14.3. The van der Waals surface area contributed by atoms with Gasteiger partial charge in [-0.2, -0.15) is 4.98 Å². The smallest absolute Gasteiger partial charge is 0.256 e. The Kier molecular flexibility index (Phi) is 4.35. The third kappa shape index (κ3) is 3.03. The Balaban J connectivity index is 1.57. The van der Waals surface area contributed by atoms with Crippen molar-refractivity contribution in [1.82, 2.24) is 20.0 Å². The lowest BCUT2D eigenvalue weighted by Crippen LogP contribution is -2.30. The van der Waals surface area contributed by atoms with Crippen molar-refractivity contribution in [3.05, 3.63) is 60.2 Å². The van der Waals surface area contributed by atoms with E-state index in [-0.39, 0.29) is 11.9 Å². The quantitative estimate of drug-likeness (QED) is 0.719. The number of aromatic nitrogens is 3. The minimum absolute atomic E-state index is 0.0650. The first kappa shape index (κ1) is 16.3. The molecule has 0 spiro atoms. The average molecular weight is 350 g/mol. The summed E-state index contributed by atoms with van der Waals surface area (Å²) in [5.41, 5.74) is 1.40. The molecule has 3 aromatic rings. The van der Waals surface area contributed by atoms with Crippen LogP contribution < -0.4 is 4.74 Å². The van der Waals surface area contributed by atoms with Gasteiger partial charge in [0.2, 0.25) is 11.7 Å². The molecule has 1 fully saturated rings. The SMILES string of the molecule is COc1ccc(-c2noc(C3CCCN3C(=O)c3cccnc3)n2)cc1. The lowest BCUT2D eigenvalue weighted by atomic mass is 10.2. The minimum Gasteiger partial charge on any atom is -0.497 e. The van der Waals surface area contributed by atoms with Crippen LogP contribution in [-0.2, 0) is 0 Å². The van der Waals surface area contributed by atoms with E-state index in [9.17, 15) is 4.79 Å². The van der Waals surface area contributed by atoms with Crippen molar-refractivity contribution in [1.29, 1.82) is 0 Å². The second kappa shape index (κ2) is 6.95. The van der Waals surface area contributed by atoms with Gasteiger partial charge in [-0.15, -0.1) is 0 Å². The maximum atomic E-state index is 12.8. The predicted octanol–water partition coefficient (Wildman–Crippen LogP) is 3.12. The van der Waals surface area contributed by atoms with Crippen molar-refractivity contribution < 1.29 is 14.1 Å². The molecule has 0 radical (unpaired) electrons. The molecule has 1 amide bonds. The zero-order chi connectivity index (χ0) is 17.9. The molecule has 1 aliphatic heterocycles. The number of hydrogen-bond donors (Lipinski definition) is 0. The van der Waals surface area contributed by atoms with Crippen molar-refractivity contribution in [2.24, 2.45) is 0 Å². The van der Waals surface area contributed by atoms with Gasteiger partial charge in [0.15, 0.2) is 0 Å². The van der Waals surface area contributed by atoms with Gasteiger partial charge in [-0.1, -0.05) is 5.16 Å². The molecule has 26 heavy (non-hydrogen) atoms. The summed E-state index contributed by atoms with van der Waals surface area (Å²) in [6, 6.07) is 10.8. The van der Waals surface area contributed by atoms with Crippen LogP contribution in [0.2, 0.25) is 0 Å². The molecule has 1 saturated heterocycles. The van der Waals surface area contributed by atoms with Gasteiger partial charge in [-0.3, -0.25) is 9.78 Å². The van der Waals surface area contributed by atoms with Crippen LogP contribution in [0.25, 0.3) is 11.4 Å². The zero-order valence-corrected chi connectivity index (χ0v) is 14.3. The predicted molar refractivity (Wildman–Crippen MR) is 93.5 cm³/mol. The van der Waals surface area contributed by atoms with Gasteiger partial charge >= 0.3 is 0 Å². The van der Waals surface area contributed by atoms with Crippen LogP contribution in [0, 0.1) is 0 Å². The van der Waals surface area contributed by atoms with E-state index >= 15 is 0 Å². The molecule has 132 valence electrons. The van der Waals surface area contributed by atoms with E-state index in [1.165, 1.54) is 0 Å². The Bertz CT molecular complexity index is 893. The number of methoxy groups -OCH3 is 1. The summed E-state index contributed by atoms with van der Waals surface area (Å²) >= 11 is 0. The van der Waals surface area contributed by atoms with Gasteiger partial charge in [0, 0.05) is 24.5 Å². The average Bonchev–Trinajstić information content (AvgIpc) is 3.37. The number of amides is 1. The van der Waals surface area contributed by atoms with Gasteiger partial charge < -0.3 is 14.2 Å². The van der Waals surface area contributed by atoms with Crippen molar-refractivity contribution in [3.63, 3.8) is 0 Å². The third-order valence-corrected chi connectivity index (χ3v) is 4.50. The number of nitrogens with zero attached hydrogens (tertiary/aromatic N) is 4. The van der Waals surface area contributed by atoms with E-state index in [0.29, 0.717) is 23.8 Å². The highest BCUT2D eigenvalue weighted by Crippen LogP contribution is 2.33. The second-order valence-electron chi connectivity index (χ2n) is 6.08. The molecule has 0 bridgehead atoms. The highest BCUT2D eigenvalue weighted by atomic mass is 16.5. The van der Waals surface area contributed by atoms with Crippen LogP contribution in [0.1, 0.15) is 35.1 Å². The largest absolute Gasteiger partial charge is 0.497 e. The first-order chi connectivity index (χ1) is 12.8. The molecule has 2 aromatic heterocycles. The molecule has 1 atom stereocenters. The summed E-state index contributed by atoms with van der Waals surface area (Å²) in [6.07, 6.45) is 4.93. The van der Waals surface area contributed by atoms with Crippen molar-refractivity contribution in [3.8, 4) is 17.1 Å². The fourth-order valence-corrected chi connectivity index (χ4v) is 3.15. The van der Waals surface area contributed by atoms with Crippen LogP contribution in [0.3, 0.4) is 0 Å². The van der Waals surface area contributed by atoms with Gasteiger partial charge in [0.05, 0.1) is 12.7 Å². The molecule has 7 nitrogen and oxygen atoms in total. The molecule has 7 heteroatoms. The Hall–Kier alpha value is -3.22. The molecular weight excluding hydrogens is 332 g/mol. The summed E-state index contributed by atoms with van der Waals surface area (Å²) in [5.74, 6) is 1.67. The molecular formula is C19H18N4O3. The fraction of sp³-hybridized carbons (Fsp3) is 0.263. The van der Waals surface area contributed by atoms with Crippen LogP contribution in [0.4, 0.5) is 0 Å². The van der Waals surface area contributed by atoms with Crippen molar-refractivity contribution >= 4 is 5.91 Å². The molecule has 0 saturated carbocycles. The number of likely N-dealkylation sites (tertiary alicyclic amines) is 1. The number of rotatable bonds is 4. The van der Waals surface area contributed by atoms with E-state index < -0.39 is 0 Å². The number of hydrogen-bond acceptors (Lipinski definition) is 6. The molecule has 3 heterocycles. The highest BCUT2D eigenvalue weighted by Gasteiger charge is 2.34. The summed E-state index contributed by atoms with van der Waals surface area (Å²) < 4.78 is 10.6. The number of pyridine rings is 1. The second-order valence-corrected chi connectivity index (χ2v) is 6.08. The molecule has 0 aliphatic carbocycles. The summed E-state index contributed by atoms with van der Waals surface area (Å²) in [6.45, 7) is 0.665. The highest BCUT2D eigenvalue weighted by molar-refractivity contribution is 5.94. The number of benzene rings is 1. The van der Waals surface area contributed by atoms with Gasteiger partial charge in [-0.05, 0) is 49.2 Å². The van der Waals surface area contributed by atoms with Gasteiger partial charge in [0.25, 0.3) is 5.91 Å². The number of carbonyl (C=O) groups excluding carboxylic acids is 1. The Morgan fingerprint density at radius 3 is 2.85 bits per heavy atom. The monoisotopic (exact) mass is 350 g/mol. The van der Waals surface area contributed by atoms with E-state index in [1.807, 2.05) is 24.3 Å². The maximum Gasteiger partial charge on any atom is 0.256 e.